The Bertz CT molecular complexity index is 404. The van der Waals surface area contributed by atoms with Crippen LogP contribution in [0.5, 0.6) is 0 Å². The van der Waals surface area contributed by atoms with Crippen LogP contribution < -0.4 is 10.6 Å². The van der Waals surface area contributed by atoms with E-state index in [4.69, 9.17) is 0 Å². The number of rotatable bonds is 2. The van der Waals surface area contributed by atoms with Gasteiger partial charge in [-0.1, -0.05) is 29.8 Å². The first-order chi connectivity index (χ1) is 7.99. The van der Waals surface area contributed by atoms with Crippen molar-refractivity contribution < 1.29 is 0 Å². The Balaban J connectivity index is 2.14. The average molecular weight is 362 g/mol. The molecule has 94 valence electrons. The van der Waals surface area contributed by atoms with Crippen LogP contribution in [0.1, 0.15) is 20.3 Å². The zero-order chi connectivity index (χ0) is 12.5. The number of hydrogen-bond acceptors (Lipinski definition) is 2. The van der Waals surface area contributed by atoms with Gasteiger partial charge < -0.3 is 10.6 Å². The molecule has 2 rings (SSSR count). The van der Waals surface area contributed by atoms with Crippen molar-refractivity contribution in [2.24, 2.45) is 5.41 Å². The quantitative estimate of drug-likeness (QED) is 0.831. The molecule has 2 nitrogen and oxygen atoms in total. The van der Waals surface area contributed by atoms with Crippen molar-refractivity contribution in [3.63, 3.8) is 0 Å². The summed E-state index contributed by atoms with van der Waals surface area (Å²) in [7, 11) is 0. The van der Waals surface area contributed by atoms with Crippen LogP contribution in [0.25, 0.3) is 0 Å². The molecule has 0 aromatic heterocycles. The van der Waals surface area contributed by atoms with E-state index in [-0.39, 0.29) is 5.41 Å². The van der Waals surface area contributed by atoms with E-state index in [2.05, 4.69) is 74.5 Å². The third-order valence-corrected chi connectivity index (χ3v) is 4.54. The highest BCUT2D eigenvalue weighted by Gasteiger charge is 2.32. The van der Waals surface area contributed by atoms with Gasteiger partial charge in [0.05, 0.1) is 0 Å². The Morgan fingerprint density at radius 2 is 2.12 bits per heavy atom. The molecular formula is C13H18Br2N2. The molecule has 1 unspecified atom stereocenters. The standard InChI is InChI=1S/C13H18Br2N2/c1-13(2)8-16-6-5-12(13)17-11-4-3-9(14)7-10(11)15/h3-4,7,12,16-17H,5-6,8H2,1-2H3. The fourth-order valence-corrected chi connectivity index (χ4v) is 3.39. The van der Waals surface area contributed by atoms with Gasteiger partial charge in [-0.25, -0.2) is 0 Å². The molecule has 1 fully saturated rings. The number of benzene rings is 1. The van der Waals surface area contributed by atoms with Gasteiger partial charge in [-0.15, -0.1) is 0 Å². The molecule has 1 aromatic carbocycles. The molecule has 1 atom stereocenters. The third-order valence-electron chi connectivity index (χ3n) is 3.39. The molecule has 0 spiro atoms. The summed E-state index contributed by atoms with van der Waals surface area (Å²) in [6.07, 6.45) is 1.16. The average Bonchev–Trinajstić information content (AvgIpc) is 2.24. The van der Waals surface area contributed by atoms with Crippen molar-refractivity contribution in [3.8, 4) is 0 Å². The minimum atomic E-state index is 0.283. The molecule has 1 aliphatic rings. The molecule has 1 heterocycles. The van der Waals surface area contributed by atoms with Gasteiger partial charge >= 0.3 is 0 Å². The van der Waals surface area contributed by atoms with Gasteiger partial charge in [0.25, 0.3) is 0 Å². The smallest absolute Gasteiger partial charge is 0.0487 e. The van der Waals surface area contributed by atoms with Crippen molar-refractivity contribution in [3.05, 3.63) is 27.1 Å². The fourth-order valence-electron chi connectivity index (χ4n) is 2.23. The Morgan fingerprint density at radius 1 is 1.35 bits per heavy atom. The molecule has 0 amide bonds. The zero-order valence-corrected chi connectivity index (χ0v) is 13.4. The van der Waals surface area contributed by atoms with Crippen molar-refractivity contribution in [2.45, 2.75) is 26.3 Å². The molecule has 0 aliphatic carbocycles. The van der Waals surface area contributed by atoms with Crippen molar-refractivity contribution >= 4 is 37.5 Å². The lowest BCUT2D eigenvalue weighted by Crippen LogP contribution is -2.49. The molecule has 1 saturated heterocycles. The predicted molar refractivity (Wildman–Crippen MR) is 80.5 cm³/mol. The van der Waals surface area contributed by atoms with Gasteiger partial charge in [0, 0.05) is 27.2 Å². The number of piperidine rings is 1. The van der Waals surface area contributed by atoms with Gasteiger partial charge in [0.2, 0.25) is 0 Å². The van der Waals surface area contributed by atoms with Crippen LogP contribution in [0.15, 0.2) is 27.1 Å². The normalized spacial score (nSPS) is 23.4. The molecular weight excluding hydrogens is 344 g/mol. The minimum Gasteiger partial charge on any atom is -0.381 e. The molecule has 0 saturated carbocycles. The first kappa shape index (κ1) is 13.4. The first-order valence-electron chi connectivity index (χ1n) is 5.91. The second-order valence-electron chi connectivity index (χ2n) is 5.28. The SMILES string of the molecule is CC1(C)CNCCC1Nc1ccc(Br)cc1Br. The number of anilines is 1. The van der Waals surface area contributed by atoms with Gasteiger partial charge in [0.15, 0.2) is 0 Å². The van der Waals surface area contributed by atoms with Crippen molar-refractivity contribution in [1.29, 1.82) is 0 Å². The summed E-state index contributed by atoms with van der Waals surface area (Å²) in [5, 5.41) is 7.11. The lowest BCUT2D eigenvalue weighted by molar-refractivity contribution is 0.236. The lowest BCUT2D eigenvalue weighted by Gasteiger charge is -2.40. The highest BCUT2D eigenvalue weighted by molar-refractivity contribution is 9.11. The summed E-state index contributed by atoms with van der Waals surface area (Å²) in [6.45, 7) is 6.78. The van der Waals surface area contributed by atoms with Gasteiger partial charge in [-0.3, -0.25) is 0 Å². The van der Waals surface area contributed by atoms with E-state index in [0.29, 0.717) is 6.04 Å². The first-order valence-corrected chi connectivity index (χ1v) is 7.50. The zero-order valence-electron chi connectivity index (χ0n) is 10.2. The van der Waals surface area contributed by atoms with Crippen LogP contribution >= 0.6 is 31.9 Å². The summed E-state index contributed by atoms with van der Waals surface area (Å²) >= 11 is 7.08. The van der Waals surface area contributed by atoms with E-state index in [1.54, 1.807) is 0 Å². The molecule has 1 aromatic rings. The molecule has 2 N–H and O–H groups in total. The van der Waals surface area contributed by atoms with Crippen LogP contribution in [0, 0.1) is 5.41 Å². The van der Waals surface area contributed by atoms with E-state index in [1.165, 1.54) is 5.69 Å². The van der Waals surface area contributed by atoms with Gasteiger partial charge in [0.1, 0.15) is 0 Å². The molecule has 17 heavy (non-hydrogen) atoms. The topological polar surface area (TPSA) is 24.1 Å². The Hall–Kier alpha value is -0.0600. The predicted octanol–water partition coefficient (Wildman–Crippen LogP) is 4.01. The van der Waals surface area contributed by atoms with E-state index in [1.807, 2.05) is 0 Å². The second-order valence-corrected chi connectivity index (χ2v) is 7.05. The lowest BCUT2D eigenvalue weighted by atomic mass is 9.80. The molecule has 0 bridgehead atoms. The Kier molecular flexibility index (Phi) is 4.16. The van der Waals surface area contributed by atoms with E-state index >= 15 is 0 Å². The van der Waals surface area contributed by atoms with E-state index in [0.717, 1.165) is 28.5 Å². The maximum absolute atomic E-state index is 3.66. The molecule has 1 aliphatic heterocycles. The summed E-state index contributed by atoms with van der Waals surface area (Å²) in [6, 6.07) is 6.78. The Labute approximate surface area is 120 Å². The number of halogens is 2. The van der Waals surface area contributed by atoms with Crippen LogP contribution in [0.4, 0.5) is 5.69 Å². The molecule has 4 heteroatoms. The highest BCUT2D eigenvalue weighted by Crippen LogP contribution is 2.32. The van der Waals surface area contributed by atoms with Crippen LogP contribution in [-0.4, -0.2) is 19.1 Å². The monoisotopic (exact) mass is 360 g/mol. The third kappa shape index (κ3) is 3.24. The number of nitrogens with one attached hydrogen (secondary N) is 2. The minimum absolute atomic E-state index is 0.283. The van der Waals surface area contributed by atoms with Crippen LogP contribution in [0.2, 0.25) is 0 Å². The van der Waals surface area contributed by atoms with Gasteiger partial charge in [-0.2, -0.15) is 0 Å². The Morgan fingerprint density at radius 3 is 2.76 bits per heavy atom. The van der Waals surface area contributed by atoms with Crippen LogP contribution in [-0.2, 0) is 0 Å². The van der Waals surface area contributed by atoms with E-state index < -0.39 is 0 Å². The second kappa shape index (κ2) is 5.29. The maximum Gasteiger partial charge on any atom is 0.0487 e. The maximum atomic E-state index is 3.66. The highest BCUT2D eigenvalue weighted by atomic mass is 79.9. The number of hydrogen-bond donors (Lipinski definition) is 2. The summed E-state index contributed by atoms with van der Waals surface area (Å²) < 4.78 is 2.21. The largest absolute Gasteiger partial charge is 0.381 e. The summed E-state index contributed by atoms with van der Waals surface area (Å²) in [5.41, 5.74) is 1.46. The summed E-state index contributed by atoms with van der Waals surface area (Å²) in [4.78, 5) is 0. The van der Waals surface area contributed by atoms with Crippen LogP contribution in [0.3, 0.4) is 0 Å². The van der Waals surface area contributed by atoms with Crippen molar-refractivity contribution in [2.75, 3.05) is 18.4 Å². The van der Waals surface area contributed by atoms with Gasteiger partial charge in [-0.05, 0) is 52.5 Å². The van der Waals surface area contributed by atoms with E-state index in [9.17, 15) is 0 Å². The summed E-state index contributed by atoms with van der Waals surface area (Å²) in [5.74, 6) is 0. The molecule has 0 radical (unpaired) electrons. The van der Waals surface area contributed by atoms with Crippen molar-refractivity contribution in [1.82, 2.24) is 5.32 Å². The fraction of sp³-hybridized carbons (Fsp3) is 0.538.